The standard InChI is InChI=1S/C14H17NO2.C2H6/c1-2-3-4-5-6-7-14(17)15-12-8-10-13(16)11-9-12;1-2/h1,8-11,16H,3-7H2,(H,15,17);1-2H3. The molecule has 3 heteroatoms. The first-order valence-electron chi connectivity index (χ1n) is 6.74. The molecule has 2 N–H and O–H groups in total. The Kier molecular flexibility index (Phi) is 10.0. The van der Waals surface area contributed by atoms with Crippen LogP contribution in [0.15, 0.2) is 24.3 Å². The summed E-state index contributed by atoms with van der Waals surface area (Å²) in [5.41, 5.74) is 0.705. The molecule has 0 spiro atoms. The van der Waals surface area contributed by atoms with Gasteiger partial charge in [0.2, 0.25) is 5.91 Å². The van der Waals surface area contributed by atoms with Gasteiger partial charge >= 0.3 is 0 Å². The zero-order valence-corrected chi connectivity index (χ0v) is 11.8. The maximum Gasteiger partial charge on any atom is 0.224 e. The molecule has 19 heavy (non-hydrogen) atoms. The number of hydrogen-bond acceptors (Lipinski definition) is 2. The van der Waals surface area contributed by atoms with Gasteiger partial charge in [-0.3, -0.25) is 4.79 Å². The first kappa shape index (κ1) is 17.1. The van der Waals surface area contributed by atoms with Gasteiger partial charge in [0.25, 0.3) is 0 Å². The maximum atomic E-state index is 11.5. The third kappa shape index (κ3) is 8.73. The van der Waals surface area contributed by atoms with Crippen molar-refractivity contribution in [1.82, 2.24) is 0 Å². The molecule has 0 radical (unpaired) electrons. The molecule has 0 atom stereocenters. The highest BCUT2D eigenvalue weighted by Gasteiger charge is 2.01. The first-order valence-corrected chi connectivity index (χ1v) is 6.74. The van der Waals surface area contributed by atoms with Crippen molar-refractivity contribution in [3.8, 4) is 18.1 Å². The molecule has 0 saturated heterocycles. The van der Waals surface area contributed by atoms with Crippen LogP contribution in [0.25, 0.3) is 0 Å². The lowest BCUT2D eigenvalue weighted by Crippen LogP contribution is -2.10. The van der Waals surface area contributed by atoms with E-state index in [0.29, 0.717) is 12.1 Å². The lowest BCUT2D eigenvalue weighted by molar-refractivity contribution is -0.116. The number of nitrogens with one attached hydrogen (secondary N) is 1. The summed E-state index contributed by atoms with van der Waals surface area (Å²) in [4.78, 5) is 11.5. The fraction of sp³-hybridized carbons (Fsp3) is 0.438. The molecule has 0 bridgehead atoms. The molecule has 1 rings (SSSR count). The van der Waals surface area contributed by atoms with Crippen molar-refractivity contribution in [2.45, 2.75) is 46.0 Å². The molecule has 1 aromatic carbocycles. The van der Waals surface area contributed by atoms with E-state index in [9.17, 15) is 4.79 Å². The molecule has 0 aliphatic rings. The number of aromatic hydroxyl groups is 1. The molecule has 0 unspecified atom stereocenters. The molecule has 1 aromatic rings. The average molecular weight is 261 g/mol. The Balaban J connectivity index is 0.00000154. The summed E-state index contributed by atoms with van der Waals surface area (Å²) in [5.74, 6) is 2.77. The van der Waals surface area contributed by atoms with Crippen LogP contribution in [0.2, 0.25) is 0 Å². The average Bonchev–Trinajstić information content (AvgIpc) is 2.43. The summed E-state index contributed by atoms with van der Waals surface area (Å²) in [6.45, 7) is 4.00. The second-order valence-corrected chi connectivity index (χ2v) is 3.86. The molecule has 0 aliphatic carbocycles. The number of hydrogen-bond donors (Lipinski definition) is 2. The van der Waals surface area contributed by atoms with Crippen LogP contribution in [0.4, 0.5) is 5.69 Å². The predicted octanol–water partition coefficient (Wildman–Crippen LogP) is 3.94. The Hall–Kier alpha value is -1.95. The van der Waals surface area contributed by atoms with Crippen molar-refractivity contribution >= 4 is 11.6 Å². The first-order chi connectivity index (χ1) is 9.22. The fourth-order valence-corrected chi connectivity index (χ4v) is 1.46. The van der Waals surface area contributed by atoms with Gasteiger partial charge in [-0.15, -0.1) is 12.3 Å². The Bertz CT molecular complexity index is 390. The number of phenols is 1. The van der Waals surface area contributed by atoms with Gasteiger partial charge in [-0.05, 0) is 37.1 Å². The van der Waals surface area contributed by atoms with E-state index in [0.717, 1.165) is 25.7 Å². The number of carbonyl (C=O) groups is 1. The van der Waals surface area contributed by atoms with Crippen LogP contribution >= 0.6 is 0 Å². The van der Waals surface area contributed by atoms with E-state index in [1.165, 1.54) is 0 Å². The summed E-state index contributed by atoms with van der Waals surface area (Å²) >= 11 is 0. The number of carbonyl (C=O) groups excluding carboxylic acids is 1. The van der Waals surface area contributed by atoms with Crippen LogP contribution < -0.4 is 5.32 Å². The summed E-state index contributed by atoms with van der Waals surface area (Å²) in [7, 11) is 0. The van der Waals surface area contributed by atoms with E-state index in [1.54, 1.807) is 24.3 Å². The molecular weight excluding hydrogens is 238 g/mol. The molecule has 0 heterocycles. The minimum absolute atomic E-state index is 0.00334. The van der Waals surface area contributed by atoms with E-state index in [2.05, 4.69) is 11.2 Å². The van der Waals surface area contributed by atoms with Crippen molar-refractivity contribution in [3.63, 3.8) is 0 Å². The monoisotopic (exact) mass is 261 g/mol. The van der Waals surface area contributed by atoms with Gasteiger partial charge in [0, 0.05) is 18.5 Å². The molecular formula is C16H23NO2. The normalized spacial score (nSPS) is 8.89. The number of benzene rings is 1. The molecule has 104 valence electrons. The van der Waals surface area contributed by atoms with Gasteiger partial charge in [0.1, 0.15) is 5.75 Å². The molecule has 0 aromatic heterocycles. The van der Waals surface area contributed by atoms with Crippen molar-refractivity contribution in [2.75, 3.05) is 5.32 Å². The number of amides is 1. The number of rotatable bonds is 6. The van der Waals surface area contributed by atoms with Crippen molar-refractivity contribution < 1.29 is 9.90 Å². The Morgan fingerprint density at radius 3 is 2.42 bits per heavy atom. The maximum absolute atomic E-state index is 11.5. The van der Waals surface area contributed by atoms with E-state index in [-0.39, 0.29) is 11.7 Å². The highest BCUT2D eigenvalue weighted by Crippen LogP contribution is 2.14. The number of terminal acetylenes is 1. The van der Waals surface area contributed by atoms with Gasteiger partial charge in [0.05, 0.1) is 0 Å². The Morgan fingerprint density at radius 2 is 1.84 bits per heavy atom. The highest BCUT2D eigenvalue weighted by molar-refractivity contribution is 5.90. The summed E-state index contributed by atoms with van der Waals surface area (Å²) in [5, 5.41) is 11.9. The number of anilines is 1. The van der Waals surface area contributed by atoms with Crippen molar-refractivity contribution in [3.05, 3.63) is 24.3 Å². The van der Waals surface area contributed by atoms with E-state index < -0.39 is 0 Å². The topological polar surface area (TPSA) is 49.3 Å². The zero-order valence-electron chi connectivity index (χ0n) is 11.8. The van der Waals surface area contributed by atoms with Crippen molar-refractivity contribution in [2.24, 2.45) is 0 Å². The lowest BCUT2D eigenvalue weighted by atomic mass is 10.1. The Labute approximate surface area is 116 Å². The van der Waals surface area contributed by atoms with E-state index >= 15 is 0 Å². The summed E-state index contributed by atoms with van der Waals surface area (Å²) in [6, 6.07) is 6.43. The second-order valence-electron chi connectivity index (χ2n) is 3.86. The molecule has 0 fully saturated rings. The Morgan fingerprint density at radius 1 is 1.21 bits per heavy atom. The predicted molar refractivity (Wildman–Crippen MR) is 80.0 cm³/mol. The van der Waals surface area contributed by atoms with E-state index in [1.807, 2.05) is 13.8 Å². The van der Waals surface area contributed by atoms with Crippen molar-refractivity contribution in [1.29, 1.82) is 0 Å². The molecule has 3 nitrogen and oxygen atoms in total. The molecule has 0 aliphatic heterocycles. The van der Waals surface area contributed by atoms with Crippen LogP contribution in [0, 0.1) is 12.3 Å². The number of phenolic OH excluding ortho intramolecular Hbond substituents is 1. The minimum Gasteiger partial charge on any atom is -0.508 e. The SMILES string of the molecule is C#CCCCCCC(=O)Nc1ccc(O)cc1.CC. The van der Waals surface area contributed by atoms with E-state index in [4.69, 9.17) is 11.5 Å². The van der Waals surface area contributed by atoms with Crippen LogP contribution in [-0.2, 0) is 4.79 Å². The highest BCUT2D eigenvalue weighted by atomic mass is 16.3. The summed E-state index contributed by atoms with van der Waals surface area (Å²) in [6.07, 6.45) is 9.23. The zero-order chi connectivity index (χ0) is 14.5. The molecule has 0 saturated carbocycles. The summed E-state index contributed by atoms with van der Waals surface area (Å²) < 4.78 is 0. The van der Waals surface area contributed by atoms with Crippen LogP contribution in [-0.4, -0.2) is 11.0 Å². The third-order valence-corrected chi connectivity index (χ3v) is 2.38. The smallest absolute Gasteiger partial charge is 0.224 e. The minimum atomic E-state index is -0.00334. The van der Waals surface area contributed by atoms with Gasteiger partial charge in [-0.1, -0.05) is 20.3 Å². The largest absolute Gasteiger partial charge is 0.508 e. The van der Waals surface area contributed by atoms with Crippen LogP contribution in [0.3, 0.4) is 0 Å². The quantitative estimate of drug-likeness (QED) is 0.463. The van der Waals surface area contributed by atoms with Crippen LogP contribution in [0.1, 0.15) is 46.0 Å². The second kappa shape index (κ2) is 11.2. The van der Waals surface area contributed by atoms with Gasteiger partial charge in [-0.2, -0.15) is 0 Å². The third-order valence-electron chi connectivity index (χ3n) is 2.38. The lowest BCUT2D eigenvalue weighted by Gasteiger charge is -2.04. The van der Waals surface area contributed by atoms with Crippen LogP contribution in [0.5, 0.6) is 5.75 Å². The number of unbranched alkanes of at least 4 members (excludes halogenated alkanes) is 3. The molecule has 1 amide bonds. The van der Waals surface area contributed by atoms with Gasteiger partial charge in [-0.25, -0.2) is 0 Å². The van der Waals surface area contributed by atoms with Gasteiger partial charge < -0.3 is 10.4 Å². The van der Waals surface area contributed by atoms with Gasteiger partial charge in [0.15, 0.2) is 0 Å². The fourth-order valence-electron chi connectivity index (χ4n) is 1.46.